The monoisotopic (exact) mass is 383 g/mol. The van der Waals surface area contributed by atoms with Crippen molar-refractivity contribution in [1.82, 2.24) is 0 Å². The molecule has 0 spiro atoms. The Kier molecular flexibility index (Phi) is 5.25. The van der Waals surface area contributed by atoms with Gasteiger partial charge in [0.15, 0.2) is 5.78 Å². The molecule has 1 heterocycles. The van der Waals surface area contributed by atoms with Gasteiger partial charge in [-0.05, 0) is 41.5 Å². The number of anilines is 1. The van der Waals surface area contributed by atoms with Crippen molar-refractivity contribution in [3.8, 4) is 5.75 Å². The SMILES string of the molecule is COc1ccc(N2C(=O)[C@H](c3ccccc3)[C@@H]2C(=O)/C=C/c2ccccc2)cc1. The average Bonchev–Trinajstić information content (AvgIpc) is 2.77. The number of nitrogens with zero attached hydrogens (tertiary/aromatic N) is 1. The van der Waals surface area contributed by atoms with Crippen molar-refractivity contribution >= 4 is 23.5 Å². The van der Waals surface area contributed by atoms with Crippen LogP contribution in [0, 0.1) is 0 Å². The van der Waals surface area contributed by atoms with Crippen LogP contribution in [0.3, 0.4) is 0 Å². The maximum atomic E-state index is 13.1. The minimum absolute atomic E-state index is 0.0761. The molecule has 1 saturated heterocycles. The minimum atomic E-state index is -0.571. The van der Waals surface area contributed by atoms with E-state index in [1.54, 1.807) is 48.4 Å². The van der Waals surface area contributed by atoms with Gasteiger partial charge < -0.3 is 4.74 Å². The van der Waals surface area contributed by atoms with E-state index in [0.29, 0.717) is 11.4 Å². The lowest BCUT2D eigenvalue weighted by Gasteiger charge is -2.46. The largest absolute Gasteiger partial charge is 0.497 e. The molecule has 3 aromatic rings. The third-order valence-electron chi connectivity index (χ3n) is 5.14. The molecule has 4 nitrogen and oxygen atoms in total. The first-order valence-electron chi connectivity index (χ1n) is 9.48. The summed E-state index contributed by atoms with van der Waals surface area (Å²) >= 11 is 0. The summed E-state index contributed by atoms with van der Waals surface area (Å²) < 4.78 is 5.20. The number of amides is 1. The van der Waals surface area contributed by atoms with Crippen LogP contribution in [0.4, 0.5) is 5.69 Å². The molecule has 4 rings (SSSR count). The number of hydrogen-bond acceptors (Lipinski definition) is 3. The molecular weight excluding hydrogens is 362 g/mol. The van der Waals surface area contributed by atoms with Crippen LogP contribution in [-0.2, 0) is 9.59 Å². The summed E-state index contributed by atoms with van der Waals surface area (Å²) in [4.78, 5) is 27.7. The zero-order valence-electron chi connectivity index (χ0n) is 16.1. The van der Waals surface area contributed by atoms with Crippen molar-refractivity contribution in [2.45, 2.75) is 12.0 Å². The fourth-order valence-electron chi connectivity index (χ4n) is 3.64. The predicted molar refractivity (Wildman–Crippen MR) is 114 cm³/mol. The summed E-state index contributed by atoms with van der Waals surface area (Å²) in [6, 6.07) is 25.7. The molecule has 1 aliphatic rings. The summed E-state index contributed by atoms with van der Waals surface area (Å²) in [6.45, 7) is 0. The first-order chi connectivity index (χ1) is 14.2. The molecular formula is C25H21NO3. The molecule has 29 heavy (non-hydrogen) atoms. The van der Waals surface area contributed by atoms with Gasteiger partial charge in [0.25, 0.3) is 0 Å². The van der Waals surface area contributed by atoms with E-state index in [-0.39, 0.29) is 11.7 Å². The maximum Gasteiger partial charge on any atom is 0.237 e. The molecule has 0 aromatic heterocycles. The topological polar surface area (TPSA) is 46.6 Å². The van der Waals surface area contributed by atoms with Crippen molar-refractivity contribution in [3.63, 3.8) is 0 Å². The zero-order chi connectivity index (χ0) is 20.2. The first kappa shape index (κ1) is 18.7. The molecule has 3 aromatic carbocycles. The number of carbonyl (C=O) groups excluding carboxylic acids is 2. The van der Waals surface area contributed by atoms with Crippen molar-refractivity contribution in [3.05, 3.63) is 102 Å². The third kappa shape index (κ3) is 3.69. The Morgan fingerprint density at radius 1 is 0.897 bits per heavy atom. The van der Waals surface area contributed by atoms with E-state index in [4.69, 9.17) is 4.74 Å². The standard InChI is InChI=1S/C25H21NO3/c1-29-21-15-13-20(14-16-21)26-24(22(27)17-12-18-8-4-2-5-9-18)23(25(26)28)19-10-6-3-7-11-19/h2-17,23-24H,1H3/b17-12+/t23-,24+/m1/s1. The maximum absolute atomic E-state index is 13.1. The van der Waals surface area contributed by atoms with E-state index in [9.17, 15) is 9.59 Å². The quantitative estimate of drug-likeness (QED) is 0.466. The van der Waals surface area contributed by atoms with Crippen LogP contribution in [0.15, 0.2) is 91.0 Å². The second-order valence-electron chi connectivity index (χ2n) is 6.89. The average molecular weight is 383 g/mol. The Labute approximate surface area is 170 Å². The fraction of sp³-hybridized carbons (Fsp3) is 0.120. The van der Waals surface area contributed by atoms with Crippen molar-refractivity contribution < 1.29 is 14.3 Å². The van der Waals surface area contributed by atoms with E-state index >= 15 is 0 Å². The Hall–Kier alpha value is -3.66. The lowest BCUT2D eigenvalue weighted by Crippen LogP contribution is -2.63. The van der Waals surface area contributed by atoms with Gasteiger partial charge in [0.2, 0.25) is 5.91 Å². The van der Waals surface area contributed by atoms with Gasteiger partial charge in [-0.3, -0.25) is 14.5 Å². The Morgan fingerprint density at radius 3 is 2.14 bits per heavy atom. The van der Waals surface area contributed by atoms with Crippen LogP contribution in [0.2, 0.25) is 0 Å². The number of ketones is 1. The fourth-order valence-corrected chi connectivity index (χ4v) is 3.64. The number of methoxy groups -OCH3 is 1. The molecule has 4 heteroatoms. The number of ether oxygens (including phenoxy) is 1. The van der Waals surface area contributed by atoms with Gasteiger partial charge in [0.1, 0.15) is 11.8 Å². The highest BCUT2D eigenvalue weighted by molar-refractivity contribution is 6.18. The van der Waals surface area contributed by atoms with Crippen LogP contribution >= 0.6 is 0 Å². The molecule has 1 amide bonds. The Balaban J connectivity index is 1.66. The molecule has 2 atom stereocenters. The Bertz CT molecular complexity index is 1030. The summed E-state index contributed by atoms with van der Waals surface area (Å²) in [5, 5.41) is 0. The van der Waals surface area contributed by atoms with E-state index < -0.39 is 12.0 Å². The molecule has 0 radical (unpaired) electrons. The smallest absolute Gasteiger partial charge is 0.237 e. The molecule has 0 saturated carbocycles. The van der Waals surface area contributed by atoms with Crippen LogP contribution < -0.4 is 9.64 Å². The number of carbonyl (C=O) groups is 2. The summed E-state index contributed by atoms with van der Waals surface area (Å²) in [7, 11) is 1.59. The molecule has 1 fully saturated rings. The van der Waals surface area contributed by atoms with Gasteiger partial charge in [-0.25, -0.2) is 0 Å². The normalized spacial score (nSPS) is 18.5. The zero-order valence-corrected chi connectivity index (χ0v) is 16.1. The van der Waals surface area contributed by atoms with E-state index in [0.717, 1.165) is 11.1 Å². The molecule has 1 aliphatic heterocycles. The highest BCUT2D eigenvalue weighted by atomic mass is 16.5. The number of benzene rings is 3. The summed E-state index contributed by atoms with van der Waals surface area (Å²) in [5.74, 6) is 0.0466. The van der Waals surface area contributed by atoms with Crippen LogP contribution in [0.25, 0.3) is 6.08 Å². The lowest BCUT2D eigenvalue weighted by atomic mass is 9.78. The first-order valence-corrected chi connectivity index (χ1v) is 9.48. The minimum Gasteiger partial charge on any atom is -0.497 e. The number of hydrogen-bond donors (Lipinski definition) is 0. The lowest BCUT2D eigenvalue weighted by molar-refractivity contribution is -0.132. The second kappa shape index (κ2) is 8.15. The highest BCUT2D eigenvalue weighted by Crippen LogP contribution is 2.40. The number of β-lactam (4-membered cyclic amide) rings is 1. The van der Waals surface area contributed by atoms with Gasteiger partial charge in [0, 0.05) is 5.69 Å². The van der Waals surface area contributed by atoms with Gasteiger partial charge in [-0.2, -0.15) is 0 Å². The molecule has 0 aliphatic carbocycles. The molecule has 144 valence electrons. The Morgan fingerprint density at radius 2 is 1.52 bits per heavy atom. The highest BCUT2D eigenvalue weighted by Gasteiger charge is 2.51. The van der Waals surface area contributed by atoms with E-state index in [2.05, 4.69) is 0 Å². The van der Waals surface area contributed by atoms with Gasteiger partial charge in [-0.1, -0.05) is 66.7 Å². The molecule has 0 unspecified atom stereocenters. The van der Waals surface area contributed by atoms with Crippen molar-refractivity contribution in [2.24, 2.45) is 0 Å². The van der Waals surface area contributed by atoms with Gasteiger partial charge in [-0.15, -0.1) is 0 Å². The molecule has 0 N–H and O–H groups in total. The summed E-state index contributed by atoms with van der Waals surface area (Å²) in [6.07, 6.45) is 3.36. The predicted octanol–water partition coefficient (Wildman–Crippen LogP) is 4.48. The van der Waals surface area contributed by atoms with Gasteiger partial charge >= 0.3 is 0 Å². The van der Waals surface area contributed by atoms with Crippen LogP contribution in [0.5, 0.6) is 5.75 Å². The number of rotatable bonds is 6. The van der Waals surface area contributed by atoms with Crippen LogP contribution in [-0.4, -0.2) is 24.8 Å². The van der Waals surface area contributed by atoms with Crippen LogP contribution in [0.1, 0.15) is 17.0 Å². The molecule has 0 bridgehead atoms. The van der Waals surface area contributed by atoms with E-state index in [1.165, 1.54) is 0 Å². The van der Waals surface area contributed by atoms with Crippen molar-refractivity contribution in [2.75, 3.05) is 12.0 Å². The van der Waals surface area contributed by atoms with E-state index in [1.807, 2.05) is 60.7 Å². The van der Waals surface area contributed by atoms with Crippen molar-refractivity contribution in [1.29, 1.82) is 0 Å². The summed E-state index contributed by atoms with van der Waals surface area (Å²) in [5.41, 5.74) is 2.49. The third-order valence-corrected chi connectivity index (χ3v) is 5.14. The second-order valence-corrected chi connectivity index (χ2v) is 6.89. The van der Waals surface area contributed by atoms with Gasteiger partial charge in [0.05, 0.1) is 13.0 Å².